The fourth-order valence-electron chi connectivity index (χ4n) is 3.67. The highest BCUT2D eigenvalue weighted by Gasteiger charge is 2.64. The van der Waals surface area contributed by atoms with Gasteiger partial charge in [0.15, 0.2) is 0 Å². The third-order valence-corrected chi connectivity index (χ3v) is 5.03. The van der Waals surface area contributed by atoms with Gasteiger partial charge < -0.3 is 19.5 Å². The van der Waals surface area contributed by atoms with Crippen molar-refractivity contribution in [1.29, 1.82) is 0 Å². The van der Waals surface area contributed by atoms with Gasteiger partial charge in [0.05, 0.1) is 20.3 Å². The summed E-state index contributed by atoms with van der Waals surface area (Å²) in [4.78, 5) is 13.8. The Morgan fingerprint density at radius 1 is 1.18 bits per heavy atom. The fourth-order valence-corrected chi connectivity index (χ4v) is 3.67. The standard InChI is InChI=1S/C20H22F3NO4/c1-27-18(25)19(26,20(21,22)23)16-8-7-15(13-14-5-3-2-4-6-14)17(16)24-9-11-28-12-10-24/h2-6,13,26H,7-12H2,1H3/b15-13-/t19-/m1/s1. The van der Waals surface area contributed by atoms with E-state index in [2.05, 4.69) is 4.74 Å². The van der Waals surface area contributed by atoms with Crippen LogP contribution in [0.25, 0.3) is 6.08 Å². The molecule has 0 bridgehead atoms. The summed E-state index contributed by atoms with van der Waals surface area (Å²) in [5, 5.41) is 10.6. The first-order valence-corrected chi connectivity index (χ1v) is 8.99. The van der Waals surface area contributed by atoms with Crippen molar-refractivity contribution in [2.45, 2.75) is 24.6 Å². The van der Waals surface area contributed by atoms with Crippen LogP contribution in [0, 0.1) is 0 Å². The summed E-state index contributed by atoms with van der Waals surface area (Å²) in [6.45, 7) is 1.47. The lowest BCUT2D eigenvalue weighted by atomic mass is 9.90. The van der Waals surface area contributed by atoms with Gasteiger partial charge in [0.2, 0.25) is 0 Å². The molecule has 0 radical (unpaired) electrons. The monoisotopic (exact) mass is 397 g/mol. The fraction of sp³-hybridized carbons (Fsp3) is 0.450. The van der Waals surface area contributed by atoms with E-state index in [1.165, 1.54) is 0 Å². The Morgan fingerprint density at radius 2 is 1.82 bits per heavy atom. The maximum absolute atomic E-state index is 13.8. The van der Waals surface area contributed by atoms with Crippen LogP contribution in [-0.4, -0.2) is 61.2 Å². The lowest BCUT2D eigenvalue weighted by Gasteiger charge is -2.35. The van der Waals surface area contributed by atoms with Crippen LogP contribution in [0.1, 0.15) is 18.4 Å². The predicted octanol–water partition coefficient (Wildman–Crippen LogP) is 2.92. The van der Waals surface area contributed by atoms with E-state index in [4.69, 9.17) is 4.74 Å². The molecule has 1 N–H and O–H groups in total. The molecule has 1 aliphatic heterocycles. The number of alkyl halides is 3. The smallest absolute Gasteiger partial charge is 0.432 e. The van der Waals surface area contributed by atoms with Crippen LogP contribution in [-0.2, 0) is 14.3 Å². The lowest BCUT2D eigenvalue weighted by Crippen LogP contribution is -2.55. The molecule has 0 unspecified atom stereocenters. The van der Waals surface area contributed by atoms with Gasteiger partial charge in [0, 0.05) is 24.4 Å². The maximum atomic E-state index is 13.8. The summed E-state index contributed by atoms with van der Waals surface area (Å²) >= 11 is 0. The van der Waals surface area contributed by atoms with Gasteiger partial charge in [-0.05, 0) is 30.1 Å². The molecule has 1 saturated heterocycles. The highest BCUT2D eigenvalue weighted by atomic mass is 19.4. The molecule has 1 aliphatic carbocycles. The minimum Gasteiger partial charge on any atom is -0.466 e. The van der Waals surface area contributed by atoms with Crippen LogP contribution in [0.5, 0.6) is 0 Å². The molecule has 8 heteroatoms. The van der Waals surface area contributed by atoms with Gasteiger partial charge in [0.1, 0.15) is 0 Å². The Bertz CT molecular complexity index is 782. The van der Waals surface area contributed by atoms with Crippen molar-refractivity contribution >= 4 is 12.0 Å². The Morgan fingerprint density at radius 3 is 2.39 bits per heavy atom. The summed E-state index contributed by atoms with van der Waals surface area (Å²) in [7, 11) is 0.837. The molecule has 1 aromatic carbocycles. The predicted molar refractivity (Wildman–Crippen MR) is 96.1 cm³/mol. The van der Waals surface area contributed by atoms with Crippen LogP contribution in [0.3, 0.4) is 0 Å². The summed E-state index contributed by atoms with van der Waals surface area (Å²) in [5.74, 6) is -1.72. The Hall–Kier alpha value is -2.32. The molecule has 1 fully saturated rings. The number of ether oxygens (including phenoxy) is 2. The number of esters is 1. The van der Waals surface area contributed by atoms with Gasteiger partial charge in [-0.1, -0.05) is 30.3 Å². The van der Waals surface area contributed by atoms with E-state index in [0.717, 1.165) is 12.7 Å². The average molecular weight is 397 g/mol. The van der Waals surface area contributed by atoms with Crippen molar-refractivity contribution in [3.8, 4) is 0 Å². The van der Waals surface area contributed by atoms with Crippen LogP contribution in [0.4, 0.5) is 13.2 Å². The SMILES string of the molecule is COC(=O)[C@](O)(C1=C(N2CCOCC2)/C(=C\c2ccccc2)CC1)C(F)(F)F. The second kappa shape index (κ2) is 7.97. The number of methoxy groups -OCH3 is 1. The quantitative estimate of drug-likeness (QED) is 0.792. The van der Waals surface area contributed by atoms with Gasteiger partial charge >= 0.3 is 12.1 Å². The molecule has 0 spiro atoms. The number of benzene rings is 1. The van der Waals surface area contributed by atoms with E-state index in [9.17, 15) is 23.1 Å². The second-order valence-electron chi connectivity index (χ2n) is 6.71. The van der Waals surface area contributed by atoms with Crippen molar-refractivity contribution in [1.82, 2.24) is 4.90 Å². The lowest BCUT2D eigenvalue weighted by molar-refractivity contribution is -0.249. The number of halogens is 3. The summed E-state index contributed by atoms with van der Waals surface area (Å²) < 4.78 is 51.2. The molecule has 0 saturated carbocycles. The number of nitrogens with zero attached hydrogens (tertiary/aromatic N) is 1. The topological polar surface area (TPSA) is 59.0 Å². The Kier molecular flexibility index (Phi) is 5.81. The van der Waals surface area contributed by atoms with E-state index < -0.39 is 17.7 Å². The number of aliphatic hydroxyl groups is 1. The third kappa shape index (κ3) is 3.66. The van der Waals surface area contributed by atoms with Gasteiger partial charge in [-0.2, -0.15) is 13.2 Å². The molecule has 0 amide bonds. The minimum absolute atomic E-state index is 0.0868. The molecule has 152 valence electrons. The molecular formula is C20H22F3NO4. The van der Waals surface area contributed by atoms with E-state index in [1.54, 1.807) is 11.0 Å². The van der Waals surface area contributed by atoms with E-state index >= 15 is 0 Å². The number of morpholine rings is 1. The number of carbonyl (C=O) groups is 1. The van der Waals surface area contributed by atoms with Gasteiger partial charge in [-0.15, -0.1) is 0 Å². The zero-order valence-electron chi connectivity index (χ0n) is 15.5. The summed E-state index contributed by atoms with van der Waals surface area (Å²) in [6, 6.07) is 9.21. The summed E-state index contributed by atoms with van der Waals surface area (Å²) in [6.07, 6.45) is -3.20. The average Bonchev–Trinajstić information content (AvgIpc) is 3.11. The van der Waals surface area contributed by atoms with Gasteiger partial charge in [-0.3, -0.25) is 0 Å². The normalized spacial score (nSPS) is 21.8. The zero-order valence-corrected chi connectivity index (χ0v) is 15.5. The zero-order chi connectivity index (χ0) is 20.4. The number of carbonyl (C=O) groups excluding carboxylic acids is 1. The maximum Gasteiger partial charge on any atom is 0.432 e. The highest BCUT2D eigenvalue weighted by molar-refractivity contribution is 5.86. The van der Waals surface area contributed by atoms with Crippen LogP contribution in [0.15, 0.2) is 47.2 Å². The molecule has 0 aromatic heterocycles. The first-order valence-electron chi connectivity index (χ1n) is 8.99. The van der Waals surface area contributed by atoms with Gasteiger partial charge in [-0.25, -0.2) is 4.79 Å². The largest absolute Gasteiger partial charge is 0.466 e. The Balaban J connectivity index is 2.16. The van der Waals surface area contributed by atoms with E-state index in [-0.39, 0.29) is 24.1 Å². The number of hydrogen-bond donors (Lipinski definition) is 1. The van der Waals surface area contributed by atoms with Crippen molar-refractivity contribution in [3.63, 3.8) is 0 Å². The molecule has 28 heavy (non-hydrogen) atoms. The van der Waals surface area contributed by atoms with Crippen molar-refractivity contribution < 1.29 is 32.5 Å². The van der Waals surface area contributed by atoms with Crippen LogP contribution >= 0.6 is 0 Å². The van der Waals surface area contributed by atoms with E-state index in [1.807, 2.05) is 30.3 Å². The minimum atomic E-state index is -5.20. The van der Waals surface area contributed by atoms with Crippen LogP contribution in [0.2, 0.25) is 0 Å². The van der Waals surface area contributed by atoms with Gasteiger partial charge in [0.25, 0.3) is 5.60 Å². The molecular weight excluding hydrogens is 375 g/mol. The van der Waals surface area contributed by atoms with Crippen molar-refractivity contribution in [2.75, 3.05) is 33.4 Å². The molecule has 1 atom stereocenters. The third-order valence-electron chi connectivity index (χ3n) is 5.03. The Labute approximate surface area is 161 Å². The number of hydrogen-bond acceptors (Lipinski definition) is 5. The molecule has 1 aromatic rings. The number of rotatable bonds is 4. The first kappa shape index (κ1) is 20.4. The second-order valence-corrected chi connectivity index (χ2v) is 6.71. The molecule has 3 rings (SSSR count). The highest BCUT2D eigenvalue weighted by Crippen LogP contribution is 2.47. The van der Waals surface area contributed by atoms with Crippen molar-refractivity contribution in [3.05, 3.63) is 52.7 Å². The van der Waals surface area contributed by atoms with E-state index in [0.29, 0.717) is 31.9 Å². The molecule has 2 aliphatic rings. The first-order chi connectivity index (χ1) is 13.3. The van der Waals surface area contributed by atoms with Crippen LogP contribution < -0.4 is 0 Å². The van der Waals surface area contributed by atoms with Crippen molar-refractivity contribution in [2.24, 2.45) is 0 Å². The number of allylic oxidation sites excluding steroid dienone is 1. The molecule has 1 heterocycles. The molecule has 5 nitrogen and oxygen atoms in total. The summed E-state index contributed by atoms with van der Waals surface area (Å²) in [5.41, 5.74) is -2.30.